The van der Waals surface area contributed by atoms with Crippen LogP contribution in [0.2, 0.25) is 0 Å². The number of fused-ring (bicyclic) bond motifs is 4. The van der Waals surface area contributed by atoms with Crippen LogP contribution in [0, 0.1) is 6.92 Å². The molecule has 0 N–H and O–H groups in total. The van der Waals surface area contributed by atoms with E-state index in [0.29, 0.717) is 11.3 Å². The average Bonchev–Trinajstić information content (AvgIpc) is 2.71. The van der Waals surface area contributed by atoms with Crippen molar-refractivity contribution in [1.82, 2.24) is 0 Å². The Labute approximate surface area is 166 Å². The maximum atomic E-state index is 12.4. The van der Waals surface area contributed by atoms with Gasteiger partial charge in [0.25, 0.3) is 0 Å². The predicted molar refractivity (Wildman–Crippen MR) is 110 cm³/mol. The molecule has 5 nitrogen and oxygen atoms in total. The standard InChI is InChI=1S/C24H18O5/c1-13-11-21(25)29-24-14(13)7-10-20-23(24)18(12-22(26)28-20)16-8-9-19(27-2)17-6-4-3-5-15(16)17/h3-11,18H,12H2,1-2H3. The molecule has 0 spiro atoms. The van der Waals surface area contributed by atoms with Crippen LogP contribution in [0.1, 0.15) is 29.0 Å². The molecule has 3 aromatic carbocycles. The van der Waals surface area contributed by atoms with Crippen LogP contribution in [0.3, 0.4) is 0 Å². The molecule has 29 heavy (non-hydrogen) atoms. The van der Waals surface area contributed by atoms with Gasteiger partial charge in [-0.3, -0.25) is 4.79 Å². The first-order chi connectivity index (χ1) is 14.1. The highest BCUT2D eigenvalue weighted by molar-refractivity contribution is 5.95. The minimum absolute atomic E-state index is 0.167. The number of hydrogen-bond donors (Lipinski definition) is 0. The summed E-state index contributed by atoms with van der Waals surface area (Å²) >= 11 is 0. The van der Waals surface area contributed by atoms with Crippen LogP contribution in [0.4, 0.5) is 0 Å². The van der Waals surface area contributed by atoms with Gasteiger partial charge in [-0.2, -0.15) is 0 Å². The number of hydrogen-bond acceptors (Lipinski definition) is 5. The second-order valence-electron chi connectivity index (χ2n) is 7.24. The number of carbonyl (C=O) groups excluding carboxylic acids is 1. The van der Waals surface area contributed by atoms with E-state index in [2.05, 4.69) is 0 Å². The van der Waals surface area contributed by atoms with Gasteiger partial charge in [0.1, 0.15) is 17.1 Å². The fraction of sp³-hybridized carbons (Fsp3) is 0.167. The zero-order chi connectivity index (χ0) is 20.1. The van der Waals surface area contributed by atoms with Gasteiger partial charge in [0.2, 0.25) is 0 Å². The van der Waals surface area contributed by atoms with Gasteiger partial charge in [-0.15, -0.1) is 0 Å². The van der Waals surface area contributed by atoms with Crippen LogP contribution in [-0.4, -0.2) is 13.1 Å². The van der Waals surface area contributed by atoms with Crippen molar-refractivity contribution in [3.8, 4) is 11.5 Å². The molecule has 5 heteroatoms. The number of methoxy groups -OCH3 is 1. The molecule has 2 heterocycles. The molecular weight excluding hydrogens is 368 g/mol. The molecule has 1 atom stereocenters. The summed E-state index contributed by atoms with van der Waals surface area (Å²) in [5, 5.41) is 2.79. The molecule has 0 amide bonds. The largest absolute Gasteiger partial charge is 0.496 e. The highest BCUT2D eigenvalue weighted by Crippen LogP contribution is 2.45. The lowest BCUT2D eigenvalue weighted by Crippen LogP contribution is -2.22. The third kappa shape index (κ3) is 2.70. The summed E-state index contributed by atoms with van der Waals surface area (Å²) in [5.41, 5.74) is 2.59. The molecule has 1 aliphatic heterocycles. The van der Waals surface area contributed by atoms with Crippen LogP contribution in [0.25, 0.3) is 21.7 Å². The van der Waals surface area contributed by atoms with Gasteiger partial charge in [-0.1, -0.05) is 30.3 Å². The third-order valence-corrected chi connectivity index (χ3v) is 5.57. The van der Waals surface area contributed by atoms with E-state index in [1.54, 1.807) is 13.2 Å². The summed E-state index contributed by atoms with van der Waals surface area (Å²) in [7, 11) is 1.64. The van der Waals surface area contributed by atoms with Crippen molar-refractivity contribution in [2.75, 3.05) is 7.11 Å². The Morgan fingerprint density at radius 3 is 2.55 bits per heavy atom. The van der Waals surface area contributed by atoms with E-state index in [0.717, 1.165) is 38.6 Å². The van der Waals surface area contributed by atoms with Crippen molar-refractivity contribution >= 4 is 27.7 Å². The summed E-state index contributed by atoms with van der Waals surface area (Å²) in [6, 6.07) is 16.9. The van der Waals surface area contributed by atoms with Crippen molar-refractivity contribution in [1.29, 1.82) is 0 Å². The lowest BCUT2D eigenvalue weighted by molar-refractivity contribution is -0.135. The first kappa shape index (κ1) is 17.5. The molecule has 1 aromatic heterocycles. The van der Waals surface area contributed by atoms with Gasteiger partial charge >= 0.3 is 11.6 Å². The molecule has 4 aromatic rings. The van der Waals surface area contributed by atoms with Crippen molar-refractivity contribution in [2.24, 2.45) is 0 Å². The van der Waals surface area contributed by atoms with Crippen molar-refractivity contribution in [2.45, 2.75) is 19.3 Å². The highest BCUT2D eigenvalue weighted by Gasteiger charge is 2.33. The number of carbonyl (C=O) groups is 1. The minimum Gasteiger partial charge on any atom is -0.496 e. The normalized spacial score (nSPS) is 15.9. The molecule has 0 saturated heterocycles. The second kappa shape index (κ2) is 6.48. The van der Waals surface area contributed by atoms with E-state index in [9.17, 15) is 9.59 Å². The topological polar surface area (TPSA) is 65.7 Å². The van der Waals surface area contributed by atoms with Crippen molar-refractivity contribution in [3.63, 3.8) is 0 Å². The first-order valence-corrected chi connectivity index (χ1v) is 9.40. The maximum absolute atomic E-state index is 12.4. The van der Waals surface area contributed by atoms with Gasteiger partial charge in [-0.25, -0.2) is 4.79 Å². The quantitative estimate of drug-likeness (QED) is 0.284. The summed E-state index contributed by atoms with van der Waals surface area (Å²) in [4.78, 5) is 24.5. The van der Waals surface area contributed by atoms with Gasteiger partial charge in [0.05, 0.1) is 13.5 Å². The number of ether oxygens (including phenoxy) is 2. The van der Waals surface area contributed by atoms with E-state index in [1.165, 1.54) is 6.07 Å². The Balaban J connectivity index is 1.86. The lowest BCUT2D eigenvalue weighted by atomic mass is 9.82. The molecule has 0 fully saturated rings. The average molecular weight is 386 g/mol. The molecule has 0 aliphatic carbocycles. The molecule has 1 unspecified atom stereocenters. The Morgan fingerprint density at radius 2 is 1.76 bits per heavy atom. The summed E-state index contributed by atoms with van der Waals surface area (Å²) in [6.07, 6.45) is 0.167. The first-order valence-electron chi connectivity index (χ1n) is 9.40. The molecule has 0 radical (unpaired) electrons. The Hall–Kier alpha value is -3.60. The zero-order valence-electron chi connectivity index (χ0n) is 16.0. The van der Waals surface area contributed by atoms with Gasteiger partial charge < -0.3 is 13.9 Å². The van der Waals surface area contributed by atoms with E-state index < -0.39 is 5.63 Å². The highest BCUT2D eigenvalue weighted by atomic mass is 16.5. The van der Waals surface area contributed by atoms with Gasteiger partial charge in [-0.05, 0) is 41.6 Å². The van der Waals surface area contributed by atoms with Crippen LogP contribution in [-0.2, 0) is 4.79 Å². The maximum Gasteiger partial charge on any atom is 0.336 e. The fourth-order valence-corrected chi connectivity index (χ4v) is 4.28. The number of esters is 1. The molecule has 0 saturated carbocycles. The SMILES string of the molecule is COc1ccc(C2CC(=O)Oc3ccc4c(C)cc(=O)oc4c32)c2ccccc12. The number of rotatable bonds is 2. The van der Waals surface area contributed by atoms with Crippen LogP contribution >= 0.6 is 0 Å². The molecular formula is C24H18O5. The Bertz CT molecular complexity index is 1350. The van der Waals surface area contributed by atoms with Crippen LogP contribution < -0.4 is 15.1 Å². The van der Waals surface area contributed by atoms with Crippen molar-refractivity contribution < 1.29 is 18.7 Å². The second-order valence-corrected chi connectivity index (χ2v) is 7.24. The molecule has 144 valence electrons. The lowest BCUT2D eigenvalue weighted by Gasteiger charge is -2.27. The Morgan fingerprint density at radius 1 is 0.966 bits per heavy atom. The Kier molecular flexibility index (Phi) is 3.91. The smallest absolute Gasteiger partial charge is 0.336 e. The van der Waals surface area contributed by atoms with E-state index in [1.807, 2.05) is 49.4 Å². The third-order valence-electron chi connectivity index (χ3n) is 5.57. The zero-order valence-corrected chi connectivity index (χ0v) is 16.0. The molecule has 1 aliphatic rings. The van der Waals surface area contributed by atoms with E-state index in [4.69, 9.17) is 13.9 Å². The summed E-state index contributed by atoms with van der Waals surface area (Å²) in [5.74, 6) is 0.600. The van der Waals surface area contributed by atoms with Gasteiger partial charge in [0, 0.05) is 28.3 Å². The molecule has 5 rings (SSSR count). The minimum atomic E-state index is -0.418. The van der Waals surface area contributed by atoms with Gasteiger partial charge in [0.15, 0.2) is 0 Å². The monoisotopic (exact) mass is 386 g/mol. The summed E-state index contributed by atoms with van der Waals surface area (Å²) < 4.78 is 16.6. The van der Waals surface area contributed by atoms with Crippen molar-refractivity contribution in [3.05, 3.63) is 81.7 Å². The number of benzene rings is 3. The van der Waals surface area contributed by atoms with E-state index in [-0.39, 0.29) is 18.3 Å². The fourth-order valence-electron chi connectivity index (χ4n) is 4.28. The van der Waals surface area contributed by atoms with E-state index >= 15 is 0 Å². The number of aryl methyl sites for hydroxylation is 1. The molecule has 0 bridgehead atoms. The van der Waals surface area contributed by atoms with Crippen LogP contribution in [0.5, 0.6) is 11.5 Å². The van der Waals surface area contributed by atoms with Crippen LogP contribution in [0.15, 0.2) is 63.8 Å². The summed E-state index contributed by atoms with van der Waals surface area (Å²) in [6.45, 7) is 1.87. The predicted octanol–water partition coefficient (Wildman–Crippen LogP) is 4.70.